The summed E-state index contributed by atoms with van der Waals surface area (Å²) in [6.07, 6.45) is -0.279. The van der Waals surface area contributed by atoms with Crippen molar-refractivity contribution in [2.24, 2.45) is 0 Å². The first-order valence-corrected chi connectivity index (χ1v) is 5.22. The summed E-state index contributed by atoms with van der Waals surface area (Å²) in [4.78, 5) is 13.2. The van der Waals surface area contributed by atoms with Crippen LogP contribution < -0.4 is 0 Å². The summed E-state index contributed by atoms with van der Waals surface area (Å²) in [5, 5.41) is 0. The minimum atomic E-state index is -0.416. The second-order valence-corrected chi connectivity index (χ2v) is 5.70. The molecule has 0 fully saturated rings. The van der Waals surface area contributed by atoms with E-state index in [-0.39, 0.29) is 10.9 Å². The standard InChI is InChI=1S/C9H18BrNO2/c1-7(10)6-11(5)8(12)13-9(2,3)4/h7H,6H2,1-5H3. The van der Waals surface area contributed by atoms with Gasteiger partial charge in [-0.2, -0.15) is 0 Å². The number of halogens is 1. The Morgan fingerprint density at radius 2 is 2.00 bits per heavy atom. The predicted molar refractivity (Wildman–Crippen MR) is 57.3 cm³/mol. The van der Waals surface area contributed by atoms with Crippen molar-refractivity contribution < 1.29 is 9.53 Å². The first-order chi connectivity index (χ1) is 5.72. The van der Waals surface area contributed by atoms with Crippen molar-refractivity contribution in [3.05, 3.63) is 0 Å². The van der Waals surface area contributed by atoms with E-state index in [1.807, 2.05) is 27.7 Å². The number of carbonyl (C=O) groups excluding carboxylic acids is 1. The van der Waals surface area contributed by atoms with E-state index in [9.17, 15) is 4.79 Å². The van der Waals surface area contributed by atoms with Gasteiger partial charge in [0.2, 0.25) is 0 Å². The van der Waals surface area contributed by atoms with E-state index in [1.54, 1.807) is 11.9 Å². The van der Waals surface area contributed by atoms with Crippen LogP contribution in [0.2, 0.25) is 0 Å². The predicted octanol–water partition coefficient (Wildman–Crippen LogP) is 2.64. The molecular weight excluding hydrogens is 234 g/mol. The van der Waals surface area contributed by atoms with Crippen LogP contribution in [-0.2, 0) is 4.74 Å². The molecule has 0 saturated carbocycles. The zero-order valence-corrected chi connectivity index (χ0v) is 10.5. The molecule has 4 heteroatoms. The van der Waals surface area contributed by atoms with Gasteiger partial charge in [0.1, 0.15) is 5.60 Å². The molecule has 0 saturated heterocycles. The summed E-state index contributed by atoms with van der Waals surface area (Å²) >= 11 is 3.37. The van der Waals surface area contributed by atoms with Crippen molar-refractivity contribution in [1.29, 1.82) is 0 Å². The molecule has 1 unspecified atom stereocenters. The Labute approximate surface area is 88.6 Å². The largest absolute Gasteiger partial charge is 0.444 e. The molecule has 0 bridgehead atoms. The Morgan fingerprint density at radius 1 is 1.54 bits per heavy atom. The number of hydrogen-bond acceptors (Lipinski definition) is 2. The normalized spacial score (nSPS) is 13.7. The SMILES string of the molecule is CC(Br)CN(C)C(=O)OC(C)(C)C. The molecule has 0 heterocycles. The minimum Gasteiger partial charge on any atom is -0.444 e. The Hall–Kier alpha value is -0.250. The van der Waals surface area contributed by atoms with Crippen molar-refractivity contribution in [2.75, 3.05) is 13.6 Å². The van der Waals surface area contributed by atoms with Crippen LogP contribution in [-0.4, -0.2) is 35.0 Å². The smallest absolute Gasteiger partial charge is 0.410 e. The first kappa shape index (κ1) is 12.8. The second kappa shape index (κ2) is 4.84. The third-order valence-electron chi connectivity index (χ3n) is 1.23. The summed E-state index contributed by atoms with van der Waals surface area (Å²) in [5.41, 5.74) is -0.416. The molecule has 0 radical (unpaired) electrons. The van der Waals surface area contributed by atoms with Gasteiger partial charge in [-0.05, 0) is 20.8 Å². The fourth-order valence-electron chi connectivity index (χ4n) is 0.792. The number of alkyl halides is 1. The average Bonchev–Trinajstić information content (AvgIpc) is 1.81. The van der Waals surface area contributed by atoms with Crippen molar-refractivity contribution in [3.63, 3.8) is 0 Å². The maximum Gasteiger partial charge on any atom is 0.410 e. The van der Waals surface area contributed by atoms with E-state index in [1.165, 1.54) is 0 Å². The number of ether oxygens (including phenoxy) is 1. The van der Waals surface area contributed by atoms with Crippen LogP contribution in [0.15, 0.2) is 0 Å². The lowest BCUT2D eigenvalue weighted by Crippen LogP contribution is -2.36. The Morgan fingerprint density at radius 3 is 2.31 bits per heavy atom. The van der Waals surface area contributed by atoms with E-state index in [0.29, 0.717) is 6.54 Å². The van der Waals surface area contributed by atoms with Crippen LogP contribution in [0.3, 0.4) is 0 Å². The lowest BCUT2D eigenvalue weighted by molar-refractivity contribution is 0.0302. The molecule has 0 rings (SSSR count). The second-order valence-electron chi connectivity index (χ2n) is 4.14. The van der Waals surface area contributed by atoms with E-state index < -0.39 is 5.60 Å². The van der Waals surface area contributed by atoms with Crippen molar-refractivity contribution in [1.82, 2.24) is 4.90 Å². The summed E-state index contributed by atoms with van der Waals surface area (Å²) in [7, 11) is 1.73. The van der Waals surface area contributed by atoms with E-state index in [0.717, 1.165) is 0 Å². The van der Waals surface area contributed by atoms with Crippen LogP contribution in [0.25, 0.3) is 0 Å². The van der Waals surface area contributed by atoms with Gasteiger partial charge in [0.05, 0.1) is 0 Å². The van der Waals surface area contributed by atoms with Gasteiger partial charge in [-0.25, -0.2) is 4.79 Å². The monoisotopic (exact) mass is 251 g/mol. The zero-order valence-electron chi connectivity index (χ0n) is 8.93. The maximum atomic E-state index is 11.4. The van der Waals surface area contributed by atoms with Gasteiger partial charge < -0.3 is 9.64 Å². The fraction of sp³-hybridized carbons (Fsp3) is 0.889. The van der Waals surface area contributed by atoms with Gasteiger partial charge in [-0.1, -0.05) is 22.9 Å². The molecular formula is C9H18BrNO2. The first-order valence-electron chi connectivity index (χ1n) is 4.30. The van der Waals surface area contributed by atoms with Crippen molar-refractivity contribution in [2.45, 2.75) is 38.1 Å². The van der Waals surface area contributed by atoms with Gasteiger partial charge in [0.15, 0.2) is 0 Å². The minimum absolute atomic E-state index is 0.279. The Balaban J connectivity index is 3.97. The Kier molecular flexibility index (Phi) is 4.75. The molecule has 0 aliphatic rings. The molecule has 0 aromatic carbocycles. The lowest BCUT2D eigenvalue weighted by Gasteiger charge is -2.25. The fourth-order valence-corrected chi connectivity index (χ4v) is 1.23. The molecule has 13 heavy (non-hydrogen) atoms. The highest BCUT2D eigenvalue weighted by Crippen LogP contribution is 2.10. The van der Waals surface area contributed by atoms with E-state index in [2.05, 4.69) is 15.9 Å². The van der Waals surface area contributed by atoms with Crippen LogP contribution in [0.1, 0.15) is 27.7 Å². The molecule has 78 valence electrons. The highest BCUT2D eigenvalue weighted by Gasteiger charge is 2.19. The number of rotatable bonds is 2. The molecule has 0 spiro atoms. The number of hydrogen-bond donors (Lipinski definition) is 0. The summed E-state index contributed by atoms with van der Waals surface area (Å²) in [6, 6.07) is 0. The van der Waals surface area contributed by atoms with Crippen LogP contribution in [0.5, 0.6) is 0 Å². The molecule has 0 aromatic rings. The highest BCUT2D eigenvalue weighted by molar-refractivity contribution is 9.09. The number of carbonyl (C=O) groups is 1. The van der Waals surface area contributed by atoms with Gasteiger partial charge in [-0.3, -0.25) is 0 Å². The molecule has 0 aliphatic heterocycles. The van der Waals surface area contributed by atoms with Crippen molar-refractivity contribution >= 4 is 22.0 Å². The molecule has 3 nitrogen and oxygen atoms in total. The summed E-state index contributed by atoms with van der Waals surface area (Å²) < 4.78 is 5.17. The Bertz CT molecular complexity index is 175. The maximum absolute atomic E-state index is 11.4. The lowest BCUT2D eigenvalue weighted by atomic mass is 10.2. The topological polar surface area (TPSA) is 29.5 Å². The van der Waals surface area contributed by atoms with Crippen LogP contribution in [0, 0.1) is 0 Å². The molecule has 0 aromatic heterocycles. The van der Waals surface area contributed by atoms with Gasteiger partial charge in [-0.15, -0.1) is 0 Å². The third kappa shape index (κ3) is 6.87. The van der Waals surface area contributed by atoms with Gasteiger partial charge in [0.25, 0.3) is 0 Å². The number of nitrogens with zero attached hydrogens (tertiary/aromatic N) is 1. The highest BCUT2D eigenvalue weighted by atomic mass is 79.9. The number of amides is 1. The summed E-state index contributed by atoms with van der Waals surface area (Å²) in [6.45, 7) is 8.21. The zero-order chi connectivity index (χ0) is 10.6. The van der Waals surface area contributed by atoms with Gasteiger partial charge >= 0.3 is 6.09 Å². The van der Waals surface area contributed by atoms with E-state index >= 15 is 0 Å². The van der Waals surface area contributed by atoms with Crippen LogP contribution >= 0.6 is 15.9 Å². The summed E-state index contributed by atoms with van der Waals surface area (Å²) in [5.74, 6) is 0. The average molecular weight is 252 g/mol. The quantitative estimate of drug-likeness (QED) is 0.707. The molecule has 1 atom stereocenters. The molecule has 0 aliphatic carbocycles. The third-order valence-corrected chi connectivity index (χ3v) is 1.52. The molecule has 0 N–H and O–H groups in total. The van der Waals surface area contributed by atoms with E-state index in [4.69, 9.17) is 4.74 Å². The molecule has 1 amide bonds. The van der Waals surface area contributed by atoms with Crippen molar-refractivity contribution in [3.8, 4) is 0 Å². The van der Waals surface area contributed by atoms with Gasteiger partial charge in [0, 0.05) is 18.4 Å². The van der Waals surface area contributed by atoms with Crippen LogP contribution in [0.4, 0.5) is 4.79 Å².